The third-order valence-electron chi connectivity index (χ3n) is 4.66. The number of benzene rings is 2. The SMILES string of the molecule is Cc1ccccc1B1O[C@@H](C)[C@H](C)Oc2c(C)ccc(C)c21. The molecule has 2 atom stereocenters. The Morgan fingerprint density at radius 3 is 2.23 bits per heavy atom. The van der Waals surface area contributed by atoms with Crippen molar-refractivity contribution in [3.8, 4) is 5.75 Å². The molecule has 1 heterocycles. The molecule has 0 amide bonds. The number of fused-ring (bicyclic) bond motifs is 1. The molecule has 0 radical (unpaired) electrons. The van der Waals surface area contributed by atoms with Crippen LogP contribution in [0.15, 0.2) is 36.4 Å². The summed E-state index contributed by atoms with van der Waals surface area (Å²) in [6, 6.07) is 12.7. The van der Waals surface area contributed by atoms with Gasteiger partial charge in [0.05, 0.1) is 6.10 Å². The van der Waals surface area contributed by atoms with Gasteiger partial charge in [0.25, 0.3) is 0 Å². The van der Waals surface area contributed by atoms with Crippen LogP contribution in [0.4, 0.5) is 0 Å². The highest BCUT2D eigenvalue weighted by molar-refractivity contribution is 6.81. The molecule has 2 nitrogen and oxygen atoms in total. The molecular weight excluding hydrogens is 271 g/mol. The van der Waals surface area contributed by atoms with Crippen LogP contribution in [0.3, 0.4) is 0 Å². The lowest BCUT2D eigenvalue weighted by Crippen LogP contribution is -2.48. The van der Waals surface area contributed by atoms with Crippen molar-refractivity contribution in [2.45, 2.75) is 46.8 Å². The first-order valence-corrected chi connectivity index (χ1v) is 7.96. The van der Waals surface area contributed by atoms with E-state index in [4.69, 9.17) is 9.39 Å². The van der Waals surface area contributed by atoms with E-state index >= 15 is 0 Å². The Balaban J connectivity index is 2.23. The van der Waals surface area contributed by atoms with Crippen molar-refractivity contribution in [3.05, 3.63) is 53.1 Å². The van der Waals surface area contributed by atoms with Gasteiger partial charge in [0, 0.05) is 5.46 Å². The lowest BCUT2D eigenvalue weighted by Gasteiger charge is -2.21. The molecule has 3 heteroatoms. The minimum atomic E-state index is -0.0731. The average Bonchev–Trinajstić information content (AvgIpc) is 2.62. The van der Waals surface area contributed by atoms with Crippen LogP contribution in [0.2, 0.25) is 0 Å². The average molecular weight is 294 g/mol. The number of hydrogen-bond donors (Lipinski definition) is 0. The molecule has 0 aliphatic carbocycles. The summed E-state index contributed by atoms with van der Waals surface area (Å²) in [4.78, 5) is 0. The van der Waals surface area contributed by atoms with E-state index in [9.17, 15) is 0 Å². The molecule has 0 unspecified atom stereocenters. The zero-order valence-corrected chi connectivity index (χ0v) is 14.0. The van der Waals surface area contributed by atoms with Gasteiger partial charge in [-0.25, -0.2) is 0 Å². The molecule has 0 N–H and O–H groups in total. The first-order chi connectivity index (χ1) is 10.5. The topological polar surface area (TPSA) is 18.5 Å². The molecule has 0 aromatic heterocycles. The maximum absolute atomic E-state index is 6.43. The Labute approximate surface area is 133 Å². The zero-order chi connectivity index (χ0) is 15.9. The van der Waals surface area contributed by atoms with Gasteiger partial charge in [-0.2, -0.15) is 0 Å². The fourth-order valence-corrected chi connectivity index (χ4v) is 3.07. The summed E-state index contributed by atoms with van der Waals surface area (Å²) >= 11 is 0. The van der Waals surface area contributed by atoms with E-state index in [1.165, 1.54) is 27.6 Å². The highest BCUT2D eigenvalue weighted by atomic mass is 16.5. The molecule has 2 aromatic carbocycles. The first-order valence-electron chi connectivity index (χ1n) is 7.96. The molecule has 1 aliphatic heterocycles. The van der Waals surface area contributed by atoms with Crippen molar-refractivity contribution < 1.29 is 9.39 Å². The van der Waals surface area contributed by atoms with E-state index in [0.29, 0.717) is 0 Å². The second-order valence-corrected chi connectivity index (χ2v) is 6.34. The standard InChI is InChI=1S/C19H23BO2/c1-12-8-6-7-9-17(12)20-18-13(2)10-11-14(3)19(18)21-15(4)16(5)22-20/h6-11,15-16H,1-5H3/t15-,16-/m0/s1. The molecule has 114 valence electrons. The minimum absolute atomic E-state index is 0.0354. The van der Waals surface area contributed by atoms with Crippen molar-refractivity contribution in [2.24, 2.45) is 0 Å². The van der Waals surface area contributed by atoms with Gasteiger partial charge in [-0.1, -0.05) is 42.0 Å². The summed E-state index contributed by atoms with van der Waals surface area (Å²) in [6.45, 7) is 10.5. The van der Waals surface area contributed by atoms with Crippen molar-refractivity contribution in [1.82, 2.24) is 0 Å². The Morgan fingerprint density at radius 2 is 1.50 bits per heavy atom. The van der Waals surface area contributed by atoms with E-state index in [1.54, 1.807) is 0 Å². The highest BCUT2D eigenvalue weighted by Crippen LogP contribution is 2.25. The number of rotatable bonds is 1. The van der Waals surface area contributed by atoms with Crippen LogP contribution in [0, 0.1) is 20.8 Å². The van der Waals surface area contributed by atoms with Gasteiger partial charge in [-0.05, 0) is 51.2 Å². The molecular formula is C19H23BO2. The van der Waals surface area contributed by atoms with Crippen LogP contribution in [0.1, 0.15) is 30.5 Å². The lowest BCUT2D eigenvalue weighted by molar-refractivity contribution is 0.0870. The van der Waals surface area contributed by atoms with Gasteiger partial charge < -0.3 is 9.39 Å². The Morgan fingerprint density at radius 1 is 0.818 bits per heavy atom. The van der Waals surface area contributed by atoms with E-state index in [2.05, 4.69) is 71.0 Å². The Hall–Kier alpha value is -1.74. The largest absolute Gasteiger partial charge is 0.488 e. The van der Waals surface area contributed by atoms with Crippen LogP contribution in [-0.4, -0.2) is 19.1 Å². The van der Waals surface area contributed by atoms with Crippen LogP contribution in [0.25, 0.3) is 0 Å². The fraction of sp³-hybridized carbons (Fsp3) is 0.368. The van der Waals surface area contributed by atoms with Crippen LogP contribution in [-0.2, 0) is 4.65 Å². The quantitative estimate of drug-likeness (QED) is 0.753. The first kappa shape index (κ1) is 15.2. The van der Waals surface area contributed by atoms with Gasteiger partial charge in [-0.3, -0.25) is 0 Å². The highest BCUT2D eigenvalue weighted by Gasteiger charge is 2.35. The second-order valence-electron chi connectivity index (χ2n) is 6.34. The van der Waals surface area contributed by atoms with E-state index in [-0.39, 0.29) is 19.1 Å². The van der Waals surface area contributed by atoms with Crippen LogP contribution >= 0.6 is 0 Å². The number of aryl methyl sites for hydroxylation is 3. The molecule has 0 spiro atoms. The van der Waals surface area contributed by atoms with Crippen molar-refractivity contribution in [3.63, 3.8) is 0 Å². The Bertz CT molecular complexity index is 696. The number of hydrogen-bond acceptors (Lipinski definition) is 2. The maximum atomic E-state index is 6.43. The van der Waals surface area contributed by atoms with Gasteiger partial charge >= 0.3 is 6.92 Å². The van der Waals surface area contributed by atoms with Gasteiger partial charge in [0.2, 0.25) is 0 Å². The smallest absolute Gasteiger partial charge is 0.366 e. The van der Waals surface area contributed by atoms with Crippen LogP contribution < -0.4 is 15.7 Å². The predicted molar refractivity (Wildman–Crippen MR) is 92.8 cm³/mol. The third-order valence-corrected chi connectivity index (χ3v) is 4.66. The molecule has 0 saturated carbocycles. The molecule has 2 aromatic rings. The van der Waals surface area contributed by atoms with Crippen molar-refractivity contribution in [1.29, 1.82) is 0 Å². The number of ether oxygens (including phenoxy) is 1. The van der Waals surface area contributed by atoms with E-state index in [0.717, 1.165) is 5.75 Å². The predicted octanol–water partition coefficient (Wildman–Crippen LogP) is 2.90. The minimum Gasteiger partial charge on any atom is -0.488 e. The summed E-state index contributed by atoms with van der Waals surface area (Å²) in [6.07, 6.45) is 0.0732. The fourth-order valence-electron chi connectivity index (χ4n) is 3.07. The zero-order valence-electron chi connectivity index (χ0n) is 14.0. The summed E-state index contributed by atoms with van der Waals surface area (Å²) in [5.41, 5.74) is 6.03. The van der Waals surface area contributed by atoms with Gasteiger partial charge in [-0.15, -0.1) is 0 Å². The van der Waals surface area contributed by atoms with E-state index in [1.807, 2.05) is 0 Å². The van der Waals surface area contributed by atoms with E-state index < -0.39 is 0 Å². The molecule has 0 fully saturated rings. The molecule has 3 rings (SSSR count). The lowest BCUT2D eigenvalue weighted by atomic mass is 9.52. The third kappa shape index (κ3) is 2.54. The van der Waals surface area contributed by atoms with Gasteiger partial charge in [0.1, 0.15) is 11.9 Å². The Kier molecular flexibility index (Phi) is 4.01. The maximum Gasteiger partial charge on any atom is 0.366 e. The monoisotopic (exact) mass is 294 g/mol. The van der Waals surface area contributed by atoms with Crippen LogP contribution in [0.5, 0.6) is 5.75 Å². The van der Waals surface area contributed by atoms with Gasteiger partial charge in [0.15, 0.2) is 0 Å². The molecule has 22 heavy (non-hydrogen) atoms. The summed E-state index contributed by atoms with van der Waals surface area (Å²) in [5.74, 6) is 0.991. The van der Waals surface area contributed by atoms with Crippen molar-refractivity contribution >= 4 is 17.8 Å². The van der Waals surface area contributed by atoms with Crippen molar-refractivity contribution in [2.75, 3.05) is 0 Å². The summed E-state index contributed by atoms with van der Waals surface area (Å²) in [7, 11) is 0. The molecule has 0 saturated heterocycles. The second kappa shape index (κ2) is 5.81. The summed E-state index contributed by atoms with van der Waals surface area (Å²) in [5, 5.41) is 0. The molecule has 1 aliphatic rings. The summed E-state index contributed by atoms with van der Waals surface area (Å²) < 4.78 is 12.7. The molecule has 0 bridgehead atoms. The normalized spacial score (nSPS) is 21.0.